The fourth-order valence-electron chi connectivity index (χ4n) is 1.86. The van der Waals surface area contributed by atoms with E-state index in [1.165, 1.54) is 11.1 Å². The Labute approximate surface area is 116 Å². The Morgan fingerprint density at radius 1 is 1.11 bits per heavy atom. The highest BCUT2D eigenvalue weighted by atomic mass is 16.2. The van der Waals surface area contributed by atoms with Crippen LogP contribution in [-0.2, 0) is 4.79 Å². The van der Waals surface area contributed by atoms with E-state index in [2.05, 4.69) is 62.6 Å². The number of hydrogen-bond acceptors (Lipinski definition) is 2. The van der Waals surface area contributed by atoms with Crippen LogP contribution in [0.25, 0.3) is 0 Å². The van der Waals surface area contributed by atoms with Gasteiger partial charge in [0, 0.05) is 12.6 Å². The first-order valence-corrected chi connectivity index (χ1v) is 7.00. The first-order chi connectivity index (χ1) is 8.90. The van der Waals surface area contributed by atoms with Crippen LogP contribution < -0.4 is 10.6 Å². The van der Waals surface area contributed by atoms with Gasteiger partial charge in [0.25, 0.3) is 0 Å². The van der Waals surface area contributed by atoms with Crippen molar-refractivity contribution in [3.63, 3.8) is 0 Å². The van der Waals surface area contributed by atoms with Crippen molar-refractivity contribution in [2.45, 2.75) is 46.7 Å². The van der Waals surface area contributed by atoms with Gasteiger partial charge in [-0.05, 0) is 32.3 Å². The van der Waals surface area contributed by atoms with Gasteiger partial charge in [-0.2, -0.15) is 0 Å². The van der Waals surface area contributed by atoms with E-state index < -0.39 is 0 Å². The quantitative estimate of drug-likeness (QED) is 0.827. The topological polar surface area (TPSA) is 41.1 Å². The fraction of sp³-hybridized carbons (Fsp3) is 0.562. The molecular weight excluding hydrogens is 236 g/mol. The van der Waals surface area contributed by atoms with Crippen molar-refractivity contribution in [1.29, 1.82) is 0 Å². The summed E-state index contributed by atoms with van der Waals surface area (Å²) in [6.07, 6.45) is 0. The highest BCUT2D eigenvalue weighted by Crippen LogP contribution is 2.13. The molecule has 2 N–H and O–H groups in total. The molecule has 0 spiro atoms. The molecule has 0 saturated carbocycles. The Bertz CT molecular complexity index is 398. The maximum Gasteiger partial charge on any atom is 0.236 e. The Morgan fingerprint density at radius 3 is 2.21 bits per heavy atom. The number of aryl methyl sites for hydroxylation is 1. The van der Waals surface area contributed by atoms with Gasteiger partial charge in [0.2, 0.25) is 5.91 Å². The third-order valence-corrected chi connectivity index (χ3v) is 3.16. The van der Waals surface area contributed by atoms with Crippen molar-refractivity contribution in [2.24, 2.45) is 5.92 Å². The molecular formula is C16H26N2O. The Morgan fingerprint density at radius 2 is 1.68 bits per heavy atom. The maximum atomic E-state index is 11.9. The minimum atomic E-state index is -0.185. The molecule has 0 fully saturated rings. The van der Waals surface area contributed by atoms with Gasteiger partial charge in [-0.1, -0.05) is 43.7 Å². The van der Waals surface area contributed by atoms with Crippen molar-refractivity contribution < 1.29 is 4.79 Å². The summed E-state index contributed by atoms with van der Waals surface area (Å²) in [6, 6.07) is 8.38. The average Bonchev–Trinajstić information content (AvgIpc) is 2.36. The van der Waals surface area contributed by atoms with Gasteiger partial charge in [-0.15, -0.1) is 0 Å². The number of rotatable bonds is 6. The van der Waals surface area contributed by atoms with E-state index in [0.29, 0.717) is 5.92 Å². The first-order valence-electron chi connectivity index (χ1n) is 7.00. The van der Waals surface area contributed by atoms with Crippen molar-refractivity contribution in [2.75, 3.05) is 6.54 Å². The van der Waals surface area contributed by atoms with E-state index in [9.17, 15) is 4.79 Å². The summed E-state index contributed by atoms with van der Waals surface area (Å²) in [5, 5.41) is 6.27. The van der Waals surface area contributed by atoms with Crippen molar-refractivity contribution in [3.05, 3.63) is 35.4 Å². The van der Waals surface area contributed by atoms with Crippen LogP contribution >= 0.6 is 0 Å². The van der Waals surface area contributed by atoms with E-state index in [-0.39, 0.29) is 18.0 Å². The normalized spacial score (nSPS) is 14.2. The molecule has 1 aromatic carbocycles. The molecule has 1 amide bonds. The van der Waals surface area contributed by atoms with E-state index in [1.54, 1.807) is 0 Å². The summed E-state index contributed by atoms with van der Waals surface area (Å²) < 4.78 is 0. The van der Waals surface area contributed by atoms with E-state index in [1.807, 2.05) is 6.92 Å². The van der Waals surface area contributed by atoms with E-state index >= 15 is 0 Å². The van der Waals surface area contributed by atoms with Gasteiger partial charge in [-0.25, -0.2) is 0 Å². The second-order valence-electron chi connectivity index (χ2n) is 5.66. The molecule has 0 aliphatic heterocycles. The summed E-state index contributed by atoms with van der Waals surface area (Å²) in [5.74, 6) is 0.540. The van der Waals surface area contributed by atoms with Crippen LogP contribution in [0.5, 0.6) is 0 Å². The van der Waals surface area contributed by atoms with Crippen LogP contribution in [0.2, 0.25) is 0 Å². The molecule has 0 bridgehead atoms. The SMILES string of the molecule is Cc1ccc([C@@H](C)NC(C)C(=O)NCC(C)C)cc1. The van der Waals surface area contributed by atoms with Crippen LogP contribution in [0, 0.1) is 12.8 Å². The van der Waals surface area contributed by atoms with Crippen LogP contribution in [0.3, 0.4) is 0 Å². The second-order valence-corrected chi connectivity index (χ2v) is 5.66. The Hall–Kier alpha value is -1.35. The monoisotopic (exact) mass is 262 g/mol. The molecule has 0 saturated heterocycles. The predicted molar refractivity (Wildman–Crippen MR) is 80.0 cm³/mol. The number of hydrogen-bond donors (Lipinski definition) is 2. The highest BCUT2D eigenvalue weighted by Gasteiger charge is 2.15. The minimum absolute atomic E-state index is 0.0626. The van der Waals surface area contributed by atoms with E-state index in [4.69, 9.17) is 0 Å². The largest absolute Gasteiger partial charge is 0.354 e. The lowest BCUT2D eigenvalue weighted by atomic mass is 10.1. The number of benzene rings is 1. The zero-order valence-corrected chi connectivity index (χ0v) is 12.7. The summed E-state index contributed by atoms with van der Waals surface area (Å²) in [7, 11) is 0. The summed E-state index contributed by atoms with van der Waals surface area (Å²) in [6.45, 7) is 11.0. The Balaban J connectivity index is 2.49. The molecule has 3 heteroatoms. The summed E-state index contributed by atoms with van der Waals surface area (Å²) in [5.41, 5.74) is 2.45. The zero-order valence-electron chi connectivity index (χ0n) is 12.7. The number of carbonyl (C=O) groups excluding carboxylic acids is 1. The van der Waals surface area contributed by atoms with Gasteiger partial charge in [-0.3, -0.25) is 10.1 Å². The zero-order chi connectivity index (χ0) is 14.4. The summed E-state index contributed by atoms with van der Waals surface area (Å²) >= 11 is 0. The molecule has 0 radical (unpaired) electrons. The molecule has 1 rings (SSSR count). The number of nitrogens with one attached hydrogen (secondary N) is 2. The lowest BCUT2D eigenvalue weighted by Gasteiger charge is -2.20. The lowest BCUT2D eigenvalue weighted by molar-refractivity contribution is -0.123. The van der Waals surface area contributed by atoms with Crippen LogP contribution in [0.1, 0.15) is 44.9 Å². The first kappa shape index (κ1) is 15.7. The molecule has 1 unspecified atom stereocenters. The smallest absolute Gasteiger partial charge is 0.236 e. The van der Waals surface area contributed by atoms with Gasteiger partial charge in [0.1, 0.15) is 0 Å². The van der Waals surface area contributed by atoms with Crippen LogP contribution in [0.4, 0.5) is 0 Å². The van der Waals surface area contributed by atoms with Gasteiger partial charge < -0.3 is 5.32 Å². The average molecular weight is 262 g/mol. The second kappa shape index (κ2) is 7.29. The molecule has 0 aliphatic carbocycles. The fourth-order valence-corrected chi connectivity index (χ4v) is 1.86. The Kier molecular flexibility index (Phi) is 6.03. The molecule has 0 aromatic heterocycles. The number of amides is 1. The molecule has 0 heterocycles. The predicted octanol–water partition coefficient (Wildman–Crippen LogP) is 2.81. The lowest BCUT2D eigenvalue weighted by Crippen LogP contribution is -2.44. The van der Waals surface area contributed by atoms with E-state index in [0.717, 1.165) is 6.54 Å². The molecule has 19 heavy (non-hydrogen) atoms. The van der Waals surface area contributed by atoms with Crippen LogP contribution in [-0.4, -0.2) is 18.5 Å². The molecule has 0 aliphatic rings. The minimum Gasteiger partial charge on any atom is -0.354 e. The van der Waals surface area contributed by atoms with Gasteiger partial charge in [0.15, 0.2) is 0 Å². The highest BCUT2D eigenvalue weighted by molar-refractivity contribution is 5.81. The molecule has 1 aromatic rings. The third kappa shape index (κ3) is 5.43. The number of carbonyl (C=O) groups is 1. The molecule has 106 valence electrons. The summed E-state index contributed by atoms with van der Waals surface area (Å²) in [4.78, 5) is 11.9. The third-order valence-electron chi connectivity index (χ3n) is 3.16. The van der Waals surface area contributed by atoms with Crippen molar-refractivity contribution in [1.82, 2.24) is 10.6 Å². The van der Waals surface area contributed by atoms with Crippen molar-refractivity contribution >= 4 is 5.91 Å². The standard InChI is InChI=1S/C16H26N2O/c1-11(2)10-17-16(19)14(5)18-13(4)15-8-6-12(3)7-9-15/h6-9,11,13-14,18H,10H2,1-5H3,(H,17,19)/t13-,14?/m1/s1. The molecule has 3 nitrogen and oxygen atoms in total. The van der Waals surface area contributed by atoms with Gasteiger partial charge in [0.05, 0.1) is 6.04 Å². The van der Waals surface area contributed by atoms with Crippen molar-refractivity contribution in [3.8, 4) is 0 Å². The van der Waals surface area contributed by atoms with Crippen LogP contribution in [0.15, 0.2) is 24.3 Å². The van der Waals surface area contributed by atoms with Gasteiger partial charge >= 0.3 is 0 Å². The molecule has 2 atom stereocenters. The maximum absolute atomic E-state index is 11.9.